The molecule has 0 unspecified atom stereocenters. The number of carbonyl (C=O) groups is 1. The second-order valence-corrected chi connectivity index (χ2v) is 8.80. The van der Waals surface area contributed by atoms with Gasteiger partial charge < -0.3 is 9.64 Å². The summed E-state index contributed by atoms with van der Waals surface area (Å²) in [4.78, 5) is 14.7. The predicted octanol–water partition coefficient (Wildman–Crippen LogP) is 3.38. The van der Waals surface area contributed by atoms with E-state index in [4.69, 9.17) is 4.74 Å². The lowest BCUT2D eigenvalue weighted by atomic mass is 10.1. The molecule has 1 aliphatic rings. The van der Waals surface area contributed by atoms with Crippen LogP contribution in [0.4, 0.5) is 5.69 Å². The normalized spacial score (nSPS) is 13.2. The van der Waals surface area contributed by atoms with Crippen molar-refractivity contribution in [2.75, 3.05) is 18.6 Å². The molecule has 154 valence electrons. The summed E-state index contributed by atoms with van der Waals surface area (Å²) in [5.74, 6) is 0.574. The maximum atomic E-state index is 12.8. The number of nitrogens with zero attached hydrogens (tertiary/aromatic N) is 1. The van der Waals surface area contributed by atoms with E-state index in [1.165, 1.54) is 19.2 Å². The number of benzene rings is 3. The van der Waals surface area contributed by atoms with Gasteiger partial charge >= 0.3 is 0 Å². The van der Waals surface area contributed by atoms with Gasteiger partial charge in [0.25, 0.3) is 5.91 Å². The monoisotopic (exact) mass is 422 g/mol. The van der Waals surface area contributed by atoms with Gasteiger partial charge in [-0.25, -0.2) is 13.1 Å². The van der Waals surface area contributed by atoms with Crippen molar-refractivity contribution in [2.45, 2.75) is 17.9 Å². The third-order valence-corrected chi connectivity index (χ3v) is 6.56. The fourth-order valence-corrected chi connectivity index (χ4v) is 4.55. The van der Waals surface area contributed by atoms with Crippen molar-refractivity contribution in [1.29, 1.82) is 0 Å². The summed E-state index contributed by atoms with van der Waals surface area (Å²) in [7, 11) is -2.10. The van der Waals surface area contributed by atoms with Crippen LogP contribution in [-0.2, 0) is 23.0 Å². The summed E-state index contributed by atoms with van der Waals surface area (Å²) in [6.07, 6.45) is 0.743. The van der Waals surface area contributed by atoms with Crippen molar-refractivity contribution in [3.05, 3.63) is 89.5 Å². The first kappa shape index (κ1) is 20.1. The van der Waals surface area contributed by atoms with Gasteiger partial charge in [-0.15, -0.1) is 0 Å². The Morgan fingerprint density at radius 3 is 2.47 bits per heavy atom. The summed E-state index contributed by atoms with van der Waals surface area (Å²) < 4.78 is 32.8. The van der Waals surface area contributed by atoms with E-state index in [1.54, 1.807) is 17.0 Å². The molecule has 1 N–H and O–H groups in total. The van der Waals surface area contributed by atoms with Crippen LogP contribution in [0.15, 0.2) is 77.7 Å². The van der Waals surface area contributed by atoms with Gasteiger partial charge in [0.2, 0.25) is 10.0 Å². The Kier molecular flexibility index (Phi) is 5.57. The van der Waals surface area contributed by atoms with E-state index >= 15 is 0 Å². The number of methoxy groups -OCH3 is 1. The highest BCUT2D eigenvalue weighted by Gasteiger charge is 2.25. The number of fused-ring (bicyclic) bond motifs is 1. The first-order chi connectivity index (χ1) is 14.5. The van der Waals surface area contributed by atoms with Crippen LogP contribution in [0.25, 0.3) is 0 Å². The molecule has 0 fully saturated rings. The minimum atomic E-state index is -3.63. The van der Waals surface area contributed by atoms with E-state index in [-0.39, 0.29) is 17.3 Å². The van der Waals surface area contributed by atoms with E-state index in [9.17, 15) is 13.2 Å². The van der Waals surface area contributed by atoms with Gasteiger partial charge in [-0.1, -0.05) is 30.3 Å². The van der Waals surface area contributed by atoms with Gasteiger partial charge in [0.05, 0.1) is 12.0 Å². The number of amides is 1. The molecule has 1 amide bonds. The highest BCUT2D eigenvalue weighted by atomic mass is 32.2. The smallest absolute Gasteiger partial charge is 0.258 e. The molecule has 3 aromatic rings. The standard InChI is InChI=1S/C23H22N2O4S/c1-29-20-8-10-21(11-9-20)30(27,28)24-16-17-7-12-22-19(15-17)13-14-25(22)23(26)18-5-3-2-4-6-18/h2-12,15,24H,13-14,16H2,1H3. The zero-order valence-corrected chi connectivity index (χ0v) is 17.4. The van der Waals surface area contributed by atoms with Crippen molar-refractivity contribution in [1.82, 2.24) is 4.72 Å². The van der Waals surface area contributed by atoms with E-state index in [2.05, 4.69) is 4.72 Å². The molecule has 0 atom stereocenters. The van der Waals surface area contributed by atoms with Crippen LogP contribution in [0.1, 0.15) is 21.5 Å². The Bertz CT molecular complexity index is 1160. The van der Waals surface area contributed by atoms with Crippen LogP contribution in [-0.4, -0.2) is 28.0 Å². The van der Waals surface area contributed by atoms with Crippen LogP contribution < -0.4 is 14.4 Å². The molecule has 1 heterocycles. The van der Waals surface area contributed by atoms with Crippen molar-refractivity contribution in [3.8, 4) is 5.75 Å². The molecule has 0 aliphatic carbocycles. The second-order valence-electron chi connectivity index (χ2n) is 7.04. The van der Waals surface area contributed by atoms with Crippen LogP contribution in [0.2, 0.25) is 0 Å². The van der Waals surface area contributed by atoms with E-state index < -0.39 is 10.0 Å². The minimum Gasteiger partial charge on any atom is -0.497 e. The molecule has 7 heteroatoms. The van der Waals surface area contributed by atoms with E-state index in [1.807, 2.05) is 48.5 Å². The fourth-order valence-electron chi connectivity index (χ4n) is 3.53. The van der Waals surface area contributed by atoms with Crippen molar-refractivity contribution in [3.63, 3.8) is 0 Å². The lowest BCUT2D eigenvalue weighted by Gasteiger charge is -2.17. The van der Waals surface area contributed by atoms with Crippen LogP contribution in [0.3, 0.4) is 0 Å². The third kappa shape index (κ3) is 4.08. The van der Waals surface area contributed by atoms with Crippen molar-refractivity contribution >= 4 is 21.6 Å². The number of hydrogen-bond acceptors (Lipinski definition) is 4. The number of rotatable bonds is 6. The Hall–Kier alpha value is -3.16. The number of nitrogens with one attached hydrogen (secondary N) is 1. The van der Waals surface area contributed by atoms with E-state index in [0.717, 1.165) is 23.2 Å². The quantitative estimate of drug-likeness (QED) is 0.661. The third-order valence-electron chi connectivity index (χ3n) is 5.14. The molecule has 1 aliphatic heterocycles. The zero-order valence-electron chi connectivity index (χ0n) is 16.5. The van der Waals surface area contributed by atoms with E-state index in [0.29, 0.717) is 17.9 Å². The minimum absolute atomic E-state index is 0.0256. The Morgan fingerprint density at radius 1 is 1.03 bits per heavy atom. The van der Waals surface area contributed by atoms with Crippen LogP contribution >= 0.6 is 0 Å². The lowest BCUT2D eigenvalue weighted by Crippen LogP contribution is -2.28. The molecule has 0 saturated carbocycles. The highest BCUT2D eigenvalue weighted by Crippen LogP contribution is 2.30. The first-order valence-corrected chi connectivity index (χ1v) is 11.1. The number of ether oxygens (including phenoxy) is 1. The largest absolute Gasteiger partial charge is 0.497 e. The molecule has 0 spiro atoms. The average Bonchev–Trinajstić information content (AvgIpc) is 3.21. The van der Waals surface area contributed by atoms with Gasteiger partial charge in [0.15, 0.2) is 0 Å². The van der Waals surface area contributed by atoms with Gasteiger partial charge in [-0.05, 0) is 60.0 Å². The number of hydrogen-bond donors (Lipinski definition) is 1. The molecule has 0 saturated heterocycles. The SMILES string of the molecule is COc1ccc(S(=O)(=O)NCc2ccc3c(c2)CCN3C(=O)c2ccccc2)cc1. The maximum Gasteiger partial charge on any atom is 0.258 e. The Morgan fingerprint density at radius 2 is 1.77 bits per heavy atom. The Balaban J connectivity index is 1.46. The zero-order chi connectivity index (χ0) is 21.1. The highest BCUT2D eigenvalue weighted by molar-refractivity contribution is 7.89. The summed E-state index contributed by atoms with van der Waals surface area (Å²) in [5.41, 5.74) is 3.42. The Labute approximate surface area is 176 Å². The number of carbonyl (C=O) groups excluding carboxylic acids is 1. The lowest BCUT2D eigenvalue weighted by molar-refractivity contribution is 0.0989. The number of anilines is 1. The summed E-state index contributed by atoms with van der Waals surface area (Å²) in [6.45, 7) is 0.790. The molecule has 0 radical (unpaired) electrons. The summed E-state index contributed by atoms with van der Waals surface area (Å²) in [6, 6.07) is 21.2. The molecule has 4 rings (SSSR count). The predicted molar refractivity (Wildman–Crippen MR) is 115 cm³/mol. The molecular formula is C23H22N2O4S. The van der Waals surface area contributed by atoms with Crippen LogP contribution in [0, 0.1) is 0 Å². The fraction of sp³-hybridized carbons (Fsp3) is 0.174. The molecule has 30 heavy (non-hydrogen) atoms. The number of sulfonamides is 1. The molecule has 6 nitrogen and oxygen atoms in total. The molecule has 0 aromatic heterocycles. The first-order valence-electron chi connectivity index (χ1n) is 9.60. The van der Waals surface area contributed by atoms with Gasteiger partial charge in [0, 0.05) is 24.3 Å². The maximum absolute atomic E-state index is 12.8. The molecular weight excluding hydrogens is 400 g/mol. The van der Waals surface area contributed by atoms with Crippen LogP contribution in [0.5, 0.6) is 5.75 Å². The van der Waals surface area contributed by atoms with Gasteiger partial charge in [-0.3, -0.25) is 4.79 Å². The second kappa shape index (κ2) is 8.30. The summed E-state index contributed by atoms with van der Waals surface area (Å²) >= 11 is 0. The van der Waals surface area contributed by atoms with Gasteiger partial charge in [0.1, 0.15) is 5.75 Å². The van der Waals surface area contributed by atoms with Gasteiger partial charge in [-0.2, -0.15) is 0 Å². The summed E-state index contributed by atoms with van der Waals surface area (Å²) in [5, 5.41) is 0. The topological polar surface area (TPSA) is 75.7 Å². The van der Waals surface area contributed by atoms with Crippen molar-refractivity contribution < 1.29 is 17.9 Å². The molecule has 0 bridgehead atoms. The van der Waals surface area contributed by atoms with Crippen molar-refractivity contribution in [2.24, 2.45) is 0 Å². The average molecular weight is 423 g/mol. The molecule has 3 aromatic carbocycles.